The fraction of sp³-hybridized carbons (Fsp3) is 0.750. The molecule has 0 amide bonds. The van der Waals surface area contributed by atoms with Crippen LogP contribution in [0.15, 0.2) is 0 Å². The standard InChI is InChI=1S/C12H18N3P/c1-2-3-4-5-6-7-16-12(10-15)11(8-13)9-14/h11-12,16H,2-7H2,1H3. The molecule has 0 aromatic carbocycles. The zero-order chi connectivity index (χ0) is 12.2. The van der Waals surface area contributed by atoms with Crippen LogP contribution in [0.1, 0.15) is 39.0 Å². The van der Waals surface area contributed by atoms with Crippen molar-refractivity contribution in [2.24, 2.45) is 5.92 Å². The van der Waals surface area contributed by atoms with Gasteiger partial charge in [0, 0.05) is 0 Å². The largest absolute Gasteiger partial charge is 0.198 e. The molecule has 3 nitrogen and oxygen atoms in total. The van der Waals surface area contributed by atoms with Gasteiger partial charge in [-0.3, -0.25) is 0 Å². The summed E-state index contributed by atoms with van der Waals surface area (Å²) >= 11 is 0. The Balaban J connectivity index is 3.70. The Morgan fingerprint density at radius 2 is 1.56 bits per heavy atom. The quantitative estimate of drug-likeness (QED) is 0.479. The molecule has 0 aromatic rings. The lowest BCUT2D eigenvalue weighted by Crippen LogP contribution is -2.10. The number of unbranched alkanes of at least 4 members (excludes halogenated alkanes) is 4. The highest BCUT2D eigenvalue weighted by Crippen LogP contribution is 2.26. The van der Waals surface area contributed by atoms with Crippen LogP contribution in [0.5, 0.6) is 0 Å². The van der Waals surface area contributed by atoms with Crippen LogP contribution in [0, 0.1) is 39.9 Å². The minimum Gasteiger partial charge on any atom is -0.198 e. The molecule has 0 heterocycles. The number of nitriles is 3. The summed E-state index contributed by atoms with van der Waals surface area (Å²) in [5, 5.41) is 26.2. The van der Waals surface area contributed by atoms with Gasteiger partial charge in [-0.2, -0.15) is 15.8 Å². The van der Waals surface area contributed by atoms with Gasteiger partial charge in [0.05, 0.1) is 23.9 Å². The third-order valence-electron chi connectivity index (χ3n) is 2.40. The van der Waals surface area contributed by atoms with Gasteiger partial charge < -0.3 is 0 Å². The van der Waals surface area contributed by atoms with E-state index in [1.54, 1.807) is 0 Å². The molecule has 0 aliphatic heterocycles. The van der Waals surface area contributed by atoms with Crippen molar-refractivity contribution in [3.05, 3.63) is 0 Å². The number of rotatable bonds is 8. The Morgan fingerprint density at radius 3 is 2.06 bits per heavy atom. The summed E-state index contributed by atoms with van der Waals surface area (Å²) in [5.74, 6) is -0.751. The van der Waals surface area contributed by atoms with E-state index in [9.17, 15) is 0 Å². The predicted molar refractivity (Wildman–Crippen MR) is 66.1 cm³/mol. The summed E-state index contributed by atoms with van der Waals surface area (Å²) in [6.07, 6.45) is 7.03. The van der Waals surface area contributed by atoms with E-state index < -0.39 is 5.92 Å². The smallest absolute Gasteiger partial charge is 0.152 e. The second-order valence-corrected chi connectivity index (χ2v) is 5.24. The molecule has 16 heavy (non-hydrogen) atoms. The van der Waals surface area contributed by atoms with Gasteiger partial charge in [-0.25, -0.2) is 0 Å². The first-order valence-electron chi connectivity index (χ1n) is 5.72. The maximum Gasteiger partial charge on any atom is 0.152 e. The Kier molecular flexibility index (Phi) is 9.70. The van der Waals surface area contributed by atoms with Crippen LogP contribution in [-0.2, 0) is 0 Å². The van der Waals surface area contributed by atoms with E-state index in [-0.39, 0.29) is 5.66 Å². The van der Waals surface area contributed by atoms with Crippen molar-refractivity contribution in [2.75, 3.05) is 6.16 Å². The second-order valence-electron chi connectivity index (χ2n) is 3.71. The fourth-order valence-corrected chi connectivity index (χ4v) is 2.64. The fourth-order valence-electron chi connectivity index (χ4n) is 1.40. The lowest BCUT2D eigenvalue weighted by Gasteiger charge is -2.08. The molecule has 0 saturated heterocycles. The zero-order valence-electron chi connectivity index (χ0n) is 9.74. The predicted octanol–water partition coefficient (Wildman–Crippen LogP) is 3.19. The van der Waals surface area contributed by atoms with Crippen molar-refractivity contribution in [2.45, 2.75) is 44.7 Å². The summed E-state index contributed by atoms with van der Waals surface area (Å²) < 4.78 is 0. The van der Waals surface area contributed by atoms with Gasteiger partial charge in [-0.1, -0.05) is 32.6 Å². The molecule has 0 fully saturated rings. The lowest BCUT2D eigenvalue weighted by molar-refractivity contribution is 0.658. The van der Waals surface area contributed by atoms with Gasteiger partial charge in [-0.15, -0.1) is 8.58 Å². The van der Waals surface area contributed by atoms with Crippen molar-refractivity contribution in [3.63, 3.8) is 0 Å². The lowest BCUT2D eigenvalue weighted by atomic mass is 10.1. The average Bonchev–Trinajstić information content (AvgIpc) is 2.32. The highest BCUT2D eigenvalue weighted by atomic mass is 31.1. The van der Waals surface area contributed by atoms with Crippen LogP contribution in [-0.4, -0.2) is 11.8 Å². The first kappa shape index (κ1) is 14.9. The zero-order valence-corrected chi connectivity index (χ0v) is 10.7. The molecule has 0 spiro atoms. The van der Waals surface area contributed by atoms with Gasteiger partial charge in [0.25, 0.3) is 0 Å². The van der Waals surface area contributed by atoms with E-state index in [1.165, 1.54) is 25.7 Å². The van der Waals surface area contributed by atoms with Crippen LogP contribution >= 0.6 is 8.58 Å². The van der Waals surface area contributed by atoms with E-state index in [0.29, 0.717) is 8.58 Å². The molecule has 0 radical (unpaired) electrons. The van der Waals surface area contributed by atoms with Gasteiger partial charge in [-0.05, 0) is 12.6 Å². The Morgan fingerprint density at radius 1 is 0.938 bits per heavy atom. The van der Waals surface area contributed by atoms with E-state index in [1.807, 2.05) is 12.1 Å². The van der Waals surface area contributed by atoms with E-state index in [2.05, 4.69) is 13.0 Å². The van der Waals surface area contributed by atoms with Crippen molar-refractivity contribution in [1.82, 2.24) is 0 Å². The summed E-state index contributed by atoms with van der Waals surface area (Å²) in [6, 6.07) is 5.85. The van der Waals surface area contributed by atoms with Crippen LogP contribution in [0.25, 0.3) is 0 Å². The molecule has 0 N–H and O–H groups in total. The summed E-state index contributed by atoms with van der Waals surface area (Å²) in [4.78, 5) is 0. The van der Waals surface area contributed by atoms with Crippen molar-refractivity contribution < 1.29 is 0 Å². The second kappa shape index (κ2) is 10.4. The number of nitrogens with zero attached hydrogens (tertiary/aromatic N) is 3. The average molecular weight is 235 g/mol. The SMILES string of the molecule is CCCCCCCPC(C#N)C(C#N)C#N. The van der Waals surface area contributed by atoms with Crippen molar-refractivity contribution in [3.8, 4) is 18.2 Å². The topological polar surface area (TPSA) is 71.4 Å². The van der Waals surface area contributed by atoms with Gasteiger partial charge in [0.1, 0.15) is 0 Å². The molecule has 4 heteroatoms. The summed E-state index contributed by atoms with van der Waals surface area (Å²) in [7, 11) is 0.423. The minimum absolute atomic E-state index is 0.388. The maximum absolute atomic E-state index is 8.85. The molecule has 0 rings (SSSR count). The normalized spacial score (nSPS) is 12.2. The van der Waals surface area contributed by atoms with Crippen LogP contribution in [0.4, 0.5) is 0 Å². The van der Waals surface area contributed by atoms with E-state index in [0.717, 1.165) is 12.6 Å². The first-order valence-corrected chi connectivity index (χ1v) is 7.00. The third-order valence-corrected chi connectivity index (χ3v) is 3.94. The van der Waals surface area contributed by atoms with Crippen molar-refractivity contribution >= 4 is 8.58 Å². The minimum atomic E-state index is -0.751. The Labute approximate surface area is 99.8 Å². The van der Waals surface area contributed by atoms with Crippen molar-refractivity contribution in [1.29, 1.82) is 15.8 Å². The molecular weight excluding hydrogens is 217 g/mol. The molecule has 2 unspecified atom stereocenters. The third kappa shape index (κ3) is 6.40. The number of hydrogen-bond donors (Lipinski definition) is 0. The molecule has 0 bridgehead atoms. The monoisotopic (exact) mass is 235 g/mol. The first-order chi connectivity index (χ1) is 7.79. The van der Waals surface area contributed by atoms with E-state index >= 15 is 0 Å². The molecule has 0 aliphatic rings. The Bertz CT molecular complexity index is 281. The molecule has 0 saturated carbocycles. The molecule has 0 aliphatic carbocycles. The highest BCUT2D eigenvalue weighted by Gasteiger charge is 2.19. The summed E-state index contributed by atoms with van der Waals surface area (Å²) in [5.41, 5.74) is -0.388. The van der Waals surface area contributed by atoms with Crippen LogP contribution < -0.4 is 0 Å². The highest BCUT2D eigenvalue weighted by molar-refractivity contribution is 7.39. The van der Waals surface area contributed by atoms with Crippen LogP contribution in [0.3, 0.4) is 0 Å². The van der Waals surface area contributed by atoms with Gasteiger partial charge in [0.15, 0.2) is 5.92 Å². The summed E-state index contributed by atoms with van der Waals surface area (Å²) in [6.45, 7) is 2.18. The van der Waals surface area contributed by atoms with E-state index in [4.69, 9.17) is 15.8 Å². The van der Waals surface area contributed by atoms with Crippen LogP contribution in [0.2, 0.25) is 0 Å². The molecular formula is C12H18N3P. The maximum atomic E-state index is 8.85. The van der Waals surface area contributed by atoms with Gasteiger partial charge in [0.2, 0.25) is 0 Å². The Hall–Kier alpha value is -1.10. The van der Waals surface area contributed by atoms with Gasteiger partial charge >= 0.3 is 0 Å². The molecule has 0 aromatic heterocycles. The molecule has 86 valence electrons. The number of hydrogen-bond acceptors (Lipinski definition) is 3. The molecule has 2 atom stereocenters.